The molecule has 1 N–H and O–H groups in total. The van der Waals surface area contributed by atoms with Gasteiger partial charge in [0.25, 0.3) is 5.91 Å². The minimum absolute atomic E-state index is 0.143. The van der Waals surface area contributed by atoms with Crippen molar-refractivity contribution in [3.05, 3.63) is 47.3 Å². The molecule has 0 fully saturated rings. The van der Waals surface area contributed by atoms with Gasteiger partial charge in [0.2, 0.25) is 0 Å². The molecule has 2 rings (SSSR count). The number of carbonyl (C=O) groups is 1. The van der Waals surface area contributed by atoms with Crippen LogP contribution in [0.3, 0.4) is 0 Å². The summed E-state index contributed by atoms with van der Waals surface area (Å²) < 4.78 is 7.36. The van der Waals surface area contributed by atoms with Crippen LogP contribution >= 0.6 is 0 Å². The molecular formula is C17H23N3O2. The first kappa shape index (κ1) is 16.1. The molecule has 22 heavy (non-hydrogen) atoms. The maximum atomic E-state index is 12.0. The van der Waals surface area contributed by atoms with Crippen LogP contribution in [0.2, 0.25) is 0 Å². The molecule has 1 amide bonds. The van der Waals surface area contributed by atoms with Gasteiger partial charge in [-0.05, 0) is 44.9 Å². The summed E-state index contributed by atoms with van der Waals surface area (Å²) in [7, 11) is 0. The molecule has 2 aromatic rings. The molecule has 1 atom stereocenters. The van der Waals surface area contributed by atoms with E-state index in [0.717, 1.165) is 17.7 Å². The van der Waals surface area contributed by atoms with E-state index in [2.05, 4.69) is 16.5 Å². The van der Waals surface area contributed by atoms with Crippen LogP contribution in [-0.2, 0) is 6.73 Å². The van der Waals surface area contributed by atoms with Crippen LogP contribution in [0.4, 0.5) is 0 Å². The van der Waals surface area contributed by atoms with Gasteiger partial charge in [0.1, 0.15) is 11.4 Å². The highest BCUT2D eigenvalue weighted by Crippen LogP contribution is 2.19. The minimum atomic E-state index is -0.153. The first-order valence-electron chi connectivity index (χ1n) is 7.54. The summed E-state index contributed by atoms with van der Waals surface area (Å²) in [6.45, 7) is 8.34. The van der Waals surface area contributed by atoms with E-state index in [0.29, 0.717) is 5.69 Å². The van der Waals surface area contributed by atoms with Gasteiger partial charge >= 0.3 is 0 Å². The molecule has 118 valence electrons. The van der Waals surface area contributed by atoms with Crippen LogP contribution in [0, 0.1) is 13.8 Å². The molecule has 0 bridgehead atoms. The van der Waals surface area contributed by atoms with Gasteiger partial charge in [0, 0.05) is 12.2 Å². The lowest BCUT2D eigenvalue weighted by Crippen LogP contribution is -2.32. The number of nitrogens with zero attached hydrogens (tertiary/aromatic N) is 2. The Morgan fingerprint density at radius 2 is 2.14 bits per heavy atom. The Morgan fingerprint density at radius 1 is 1.36 bits per heavy atom. The van der Waals surface area contributed by atoms with E-state index in [1.54, 1.807) is 16.9 Å². The van der Waals surface area contributed by atoms with Crippen molar-refractivity contribution >= 4 is 5.91 Å². The van der Waals surface area contributed by atoms with E-state index in [1.165, 1.54) is 5.56 Å². The predicted molar refractivity (Wildman–Crippen MR) is 86.0 cm³/mol. The van der Waals surface area contributed by atoms with E-state index in [4.69, 9.17) is 4.74 Å². The molecule has 1 heterocycles. The first-order chi connectivity index (χ1) is 10.5. The van der Waals surface area contributed by atoms with Crippen molar-refractivity contribution < 1.29 is 9.53 Å². The van der Waals surface area contributed by atoms with Crippen molar-refractivity contribution in [1.29, 1.82) is 0 Å². The van der Waals surface area contributed by atoms with Gasteiger partial charge < -0.3 is 10.1 Å². The van der Waals surface area contributed by atoms with Crippen LogP contribution in [-0.4, -0.2) is 21.7 Å². The molecule has 1 unspecified atom stereocenters. The van der Waals surface area contributed by atoms with Crippen LogP contribution in [0.1, 0.15) is 41.9 Å². The predicted octanol–water partition coefficient (Wildman–Crippen LogP) is 3.06. The van der Waals surface area contributed by atoms with Crippen molar-refractivity contribution in [2.75, 3.05) is 0 Å². The van der Waals surface area contributed by atoms with Gasteiger partial charge in [-0.1, -0.05) is 24.6 Å². The number of ether oxygens (including phenoxy) is 1. The Balaban J connectivity index is 1.96. The zero-order chi connectivity index (χ0) is 16.1. The number of aryl methyl sites for hydroxylation is 2. The molecule has 0 saturated heterocycles. The monoisotopic (exact) mass is 301 g/mol. The fourth-order valence-corrected chi connectivity index (χ4v) is 2.05. The standard InChI is InChI=1S/C17H23N3O2/c1-5-14(4)18-17(21)15-8-9-20(19-15)11-22-16-7-6-12(2)10-13(16)3/h6-10,14H,5,11H2,1-4H3,(H,18,21). The van der Waals surface area contributed by atoms with Crippen molar-refractivity contribution in [2.24, 2.45) is 0 Å². The molecule has 0 aliphatic rings. The number of nitrogens with one attached hydrogen (secondary N) is 1. The SMILES string of the molecule is CCC(C)NC(=O)c1ccn(COc2ccc(C)cc2C)n1. The van der Waals surface area contributed by atoms with E-state index < -0.39 is 0 Å². The second-order valence-corrected chi connectivity index (χ2v) is 5.57. The number of carbonyl (C=O) groups excluding carboxylic acids is 1. The van der Waals surface area contributed by atoms with E-state index in [-0.39, 0.29) is 18.7 Å². The maximum Gasteiger partial charge on any atom is 0.271 e. The second-order valence-electron chi connectivity index (χ2n) is 5.57. The summed E-state index contributed by atoms with van der Waals surface area (Å²) in [5, 5.41) is 7.13. The Bertz CT molecular complexity index is 649. The number of rotatable bonds is 6. The zero-order valence-electron chi connectivity index (χ0n) is 13.6. The fraction of sp³-hybridized carbons (Fsp3) is 0.412. The summed E-state index contributed by atoms with van der Waals surface area (Å²) in [5.41, 5.74) is 2.69. The highest BCUT2D eigenvalue weighted by atomic mass is 16.5. The van der Waals surface area contributed by atoms with Gasteiger partial charge in [-0.2, -0.15) is 5.10 Å². The van der Waals surface area contributed by atoms with Crippen LogP contribution < -0.4 is 10.1 Å². The Hall–Kier alpha value is -2.30. The Labute approximate surface area is 131 Å². The average Bonchev–Trinajstić information content (AvgIpc) is 2.95. The minimum Gasteiger partial charge on any atom is -0.471 e. The van der Waals surface area contributed by atoms with Gasteiger partial charge in [-0.15, -0.1) is 0 Å². The van der Waals surface area contributed by atoms with Crippen molar-refractivity contribution in [3.63, 3.8) is 0 Å². The van der Waals surface area contributed by atoms with Crippen LogP contribution in [0.15, 0.2) is 30.5 Å². The highest BCUT2D eigenvalue weighted by molar-refractivity contribution is 5.92. The summed E-state index contributed by atoms with van der Waals surface area (Å²) in [5.74, 6) is 0.673. The molecule has 5 heteroatoms. The lowest BCUT2D eigenvalue weighted by atomic mass is 10.1. The number of hydrogen-bond acceptors (Lipinski definition) is 3. The van der Waals surface area contributed by atoms with Gasteiger partial charge in [-0.25, -0.2) is 4.68 Å². The summed E-state index contributed by atoms with van der Waals surface area (Å²) >= 11 is 0. The molecular weight excluding hydrogens is 278 g/mol. The summed E-state index contributed by atoms with van der Waals surface area (Å²) in [6.07, 6.45) is 2.64. The van der Waals surface area contributed by atoms with Crippen molar-refractivity contribution in [1.82, 2.24) is 15.1 Å². The normalized spacial score (nSPS) is 12.0. The topological polar surface area (TPSA) is 56.2 Å². The van der Waals surface area contributed by atoms with E-state index >= 15 is 0 Å². The van der Waals surface area contributed by atoms with Crippen LogP contribution in [0.25, 0.3) is 0 Å². The smallest absolute Gasteiger partial charge is 0.271 e. The molecule has 0 aliphatic heterocycles. The third-order valence-electron chi connectivity index (χ3n) is 3.55. The molecule has 0 aliphatic carbocycles. The number of hydrogen-bond donors (Lipinski definition) is 1. The summed E-state index contributed by atoms with van der Waals surface area (Å²) in [6, 6.07) is 7.87. The third-order valence-corrected chi connectivity index (χ3v) is 3.55. The average molecular weight is 301 g/mol. The first-order valence-corrected chi connectivity index (χ1v) is 7.54. The molecule has 0 saturated carbocycles. The van der Waals surface area contributed by atoms with Crippen LogP contribution in [0.5, 0.6) is 5.75 Å². The fourth-order valence-electron chi connectivity index (χ4n) is 2.05. The highest BCUT2D eigenvalue weighted by Gasteiger charge is 2.11. The van der Waals surface area contributed by atoms with Crippen molar-refractivity contribution in [3.8, 4) is 5.75 Å². The number of amides is 1. The lowest BCUT2D eigenvalue weighted by Gasteiger charge is -2.10. The van der Waals surface area contributed by atoms with Gasteiger partial charge in [0.15, 0.2) is 6.73 Å². The largest absolute Gasteiger partial charge is 0.471 e. The molecule has 1 aromatic heterocycles. The maximum absolute atomic E-state index is 12.0. The van der Waals surface area contributed by atoms with Crippen molar-refractivity contribution in [2.45, 2.75) is 46.9 Å². The second kappa shape index (κ2) is 7.11. The molecule has 1 aromatic carbocycles. The van der Waals surface area contributed by atoms with E-state index in [9.17, 15) is 4.79 Å². The zero-order valence-corrected chi connectivity index (χ0v) is 13.6. The van der Waals surface area contributed by atoms with Gasteiger partial charge in [-0.3, -0.25) is 4.79 Å². The number of aromatic nitrogens is 2. The van der Waals surface area contributed by atoms with E-state index in [1.807, 2.05) is 39.8 Å². The lowest BCUT2D eigenvalue weighted by molar-refractivity contribution is 0.0932. The quantitative estimate of drug-likeness (QED) is 0.892. The third kappa shape index (κ3) is 4.10. The Kier molecular flexibility index (Phi) is 5.20. The van der Waals surface area contributed by atoms with Gasteiger partial charge in [0.05, 0.1) is 0 Å². The summed E-state index contributed by atoms with van der Waals surface area (Å²) in [4.78, 5) is 12.0. The molecule has 0 spiro atoms. The molecule has 5 nitrogen and oxygen atoms in total. The Morgan fingerprint density at radius 3 is 2.82 bits per heavy atom. The number of benzene rings is 1. The molecule has 0 radical (unpaired) electrons.